The molecule has 0 radical (unpaired) electrons. The first-order chi connectivity index (χ1) is 9.78. The monoisotopic (exact) mass is 291 g/mol. The fourth-order valence-electron chi connectivity index (χ4n) is 2.06. The van der Waals surface area contributed by atoms with Gasteiger partial charge in [0.05, 0.1) is 6.42 Å². The Kier molecular flexibility index (Phi) is 6.40. The molecule has 0 atom stereocenters. The quantitative estimate of drug-likeness (QED) is 0.774. The minimum absolute atomic E-state index is 0.00730. The van der Waals surface area contributed by atoms with Crippen molar-refractivity contribution in [2.24, 2.45) is 5.41 Å². The largest absolute Gasteiger partial charge is 0.481 e. The summed E-state index contributed by atoms with van der Waals surface area (Å²) in [5, 5.41) is 11.6. The van der Waals surface area contributed by atoms with E-state index in [4.69, 9.17) is 5.11 Å². The van der Waals surface area contributed by atoms with E-state index >= 15 is 0 Å². The molecule has 2 N–H and O–H groups in total. The molecule has 1 aromatic carbocycles. The lowest BCUT2D eigenvalue weighted by Crippen LogP contribution is -2.29. The number of carboxylic acids is 1. The zero-order valence-electron chi connectivity index (χ0n) is 13.1. The van der Waals surface area contributed by atoms with E-state index in [0.29, 0.717) is 19.4 Å². The molecule has 0 heterocycles. The van der Waals surface area contributed by atoms with Crippen molar-refractivity contribution in [2.45, 2.75) is 46.5 Å². The summed E-state index contributed by atoms with van der Waals surface area (Å²) < 4.78 is 0. The summed E-state index contributed by atoms with van der Waals surface area (Å²) in [6.07, 6.45) is 1.95. The predicted octanol–water partition coefficient (Wildman–Crippen LogP) is 2.93. The second-order valence-electron chi connectivity index (χ2n) is 6.32. The van der Waals surface area contributed by atoms with Crippen LogP contribution in [0.25, 0.3) is 0 Å². The van der Waals surface area contributed by atoms with E-state index in [1.165, 1.54) is 5.56 Å². The van der Waals surface area contributed by atoms with Gasteiger partial charge >= 0.3 is 5.97 Å². The lowest BCUT2D eigenvalue weighted by Gasteiger charge is -2.23. The summed E-state index contributed by atoms with van der Waals surface area (Å²) in [4.78, 5) is 22.4. The van der Waals surface area contributed by atoms with E-state index in [-0.39, 0.29) is 17.7 Å². The van der Waals surface area contributed by atoms with Crippen LogP contribution in [0.2, 0.25) is 0 Å². The topological polar surface area (TPSA) is 66.4 Å². The molecule has 4 nitrogen and oxygen atoms in total. The van der Waals surface area contributed by atoms with Gasteiger partial charge in [0.15, 0.2) is 0 Å². The molecule has 0 fully saturated rings. The van der Waals surface area contributed by atoms with Crippen LogP contribution < -0.4 is 5.32 Å². The third-order valence-electron chi connectivity index (χ3n) is 3.62. The van der Waals surface area contributed by atoms with E-state index in [0.717, 1.165) is 12.0 Å². The van der Waals surface area contributed by atoms with E-state index < -0.39 is 5.97 Å². The number of amides is 1. The average Bonchev–Trinajstić information content (AvgIpc) is 2.39. The van der Waals surface area contributed by atoms with Crippen molar-refractivity contribution in [3.05, 3.63) is 35.4 Å². The number of aryl methyl sites for hydroxylation is 1. The van der Waals surface area contributed by atoms with Crippen molar-refractivity contribution in [2.75, 3.05) is 6.54 Å². The predicted molar refractivity (Wildman–Crippen MR) is 83.2 cm³/mol. The zero-order chi connectivity index (χ0) is 15.9. The average molecular weight is 291 g/mol. The summed E-state index contributed by atoms with van der Waals surface area (Å²) in [6.45, 7) is 6.66. The molecular weight excluding hydrogens is 266 g/mol. The van der Waals surface area contributed by atoms with Crippen LogP contribution >= 0.6 is 0 Å². The SMILES string of the molecule is Cc1ccc(CC(=O)NCCC(C)(C)CCC(=O)O)cc1. The second kappa shape index (κ2) is 7.81. The second-order valence-corrected chi connectivity index (χ2v) is 6.32. The summed E-state index contributed by atoms with van der Waals surface area (Å²) in [5.74, 6) is -0.764. The van der Waals surface area contributed by atoms with Crippen molar-refractivity contribution >= 4 is 11.9 Å². The van der Waals surface area contributed by atoms with Gasteiger partial charge in [-0.25, -0.2) is 0 Å². The minimum Gasteiger partial charge on any atom is -0.481 e. The van der Waals surface area contributed by atoms with Crippen LogP contribution in [0, 0.1) is 12.3 Å². The molecule has 0 saturated carbocycles. The third-order valence-corrected chi connectivity index (χ3v) is 3.62. The highest BCUT2D eigenvalue weighted by atomic mass is 16.4. The first-order valence-electron chi connectivity index (χ1n) is 7.32. The first-order valence-corrected chi connectivity index (χ1v) is 7.32. The van der Waals surface area contributed by atoms with Crippen LogP contribution in [-0.2, 0) is 16.0 Å². The van der Waals surface area contributed by atoms with Gasteiger partial charge in [-0.3, -0.25) is 9.59 Å². The number of carbonyl (C=O) groups excluding carboxylic acids is 1. The van der Waals surface area contributed by atoms with E-state index in [1.54, 1.807) is 0 Å². The van der Waals surface area contributed by atoms with Crippen molar-refractivity contribution < 1.29 is 14.7 Å². The van der Waals surface area contributed by atoms with Crippen LogP contribution in [0.15, 0.2) is 24.3 Å². The first kappa shape index (κ1) is 17.2. The summed E-state index contributed by atoms with van der Waals surface area (Å²) >= 11 is 0. The van der Waals surface area contributed by atoms with Gasteiger partial charge in [-0.2, -0.15) is 0 Å². The summed E-state index contributed by atoms with van der Waals surface area (Å²) in [5.41, 5.74) is 2.11. The fourth-order valence-corrected chi connectivity index (χ4v) is 2.06. The maximum absolute atomic E-state index is 11.8. The number of carboxylic acid groups (broad SMARTS) is 1. The standard InChI is InChI=1S/C17H25NO3/c1-13-4-6-14(7-5-13)12-15(19)18-11-10-17(2,3)9-8-16(20)21/h4-7H,8-12H2,1-3H3,(H,18,19)(H,20,21). The third kappa shape index (κ3) is 7.49. The summed E-state index contributed by atoms with van der Waals surface area (Å²) in [6, 6.07) is 7.92. The Bertz CT molecular complexity index is 477. The van der Waals surface area contributed by atoms with Crippen LogP contribution in [-0.4, -0.2) is 23.5 Å². The smallest absolute Gasteiger partial charge is 0.303 e. The van der Waals surface area contributed by atoms with Gasteiger partial charge in [-0.05, 0) is 30.7 Å². The van der Waals surface area contributed by atoms with Gasteiger partial charge in [0.2, 0.25) is 5.91 Å². The Morgan fingerprint density at radius 1 is 1.14 bits per heavy atom. The van der Waals surface area contributed by atoms with Gasteiger partial charge < -0.3 is 10.4 Å². The molecule has 1 rings (SSSR count). The van der Waals surface area contributed by atoms with Crippen LogP contribution in [0.5, 0.6) is 0 Å². The lowest BCUT2D eigenvalue weighted by atomic mass is 9.84. The van der Waals surface area contributed by atoms with Gasteiger partial charge in [-0.1, -0.05) is 43.7 Å². The molecule has 0 aliphatic heterocycles. The van der Waals surface area contributed by atoms with Gasteiger partial charge in [0, 0.05) is 13.0 Å². The minimum atomic E-state index is -0.772. The molecule has 0 aliphatic rings. The van der Waals surface area contributed by atoms with Gasteiger partial charge in [-0.15, -0.1) is 0 Å². The van der Waals surface area contributed by atoms with Crippen LogP contribution in [0.3, 0.4) is 0 Å². The Hall–Kier alpha value is -1.84. The highest BCUT2D eigenvalue weighted by molar-refractivity contribution is 5.78. The van der Waals surface area contributed by atoms with Crippen LogP contribution in [0.4, 0.5) is 0 Å². The Labute approximate surface area is 126 Å². The highest BCUT2D eigenvalue weighted by Crippen LogP contribution is 2.25. The Balaban J connectivity index is 2.29. The highest BCUT2D eigenvalue weighted by Gasteiger charge is 2.19. The molecule has 21 heavy (non-hydrogen) atoms. The summed E-state index contributed by atoms with van der Waals surface area (Å²) in [7, 11) is 0. The number of benzene rings is 1. The van der Waals surface area contributed by atoms with E-state index in [1.807, 2.05) is 45.0 Å². The fraction of sp³-hybridized carbons (Fsp3) is 0.529. The number of rotatable bonds is 8. The molecule has 0 aliphatic carbocycles. The Morgan fingerprint density at radius 3 is 2.33 bits per heavy atom. The maximum Gasteiger partial charge on any atom is 0.303 e. The molecular formula is C17H25NO3. The number of hydrogen-bond acceptors (Lipinski definition) is 2. The van der Waals surface area contributed by atoms with Crippen LogP contribution in [0.1, 0.15) is 44.2 Å². The molecule has 0 bridgehead atoms. The van der Waals surface area contributed by atoms with Crippen molar-refractivity contribution in [3.63, 3.8) is 0 Å². The lowest BCUT2D eigenvalue weighted by molar-refractivity contribution is -0.137. The number of aliphatic carboxylic acids is 1. The Morgan fingerprint density at radius 2 is 1.76 bits per heavy atom. The molecule has 4 heteroatoms. The number of nitrogens with one attached hydrogen (secondary N) is 1. The molecule has 1 aromatic rings. The van der Waals surface area contributed by atoms with Gasteiger partial charge in [0.1, 0.15) is 0 Å². The molecule has 116 valence electrons. The van der Waals surface area contributed by atoms with Crippen molar-refractivity contribution in [3.8, 4) is 0 Å². The molecule has 0 spiro atoms. The van der Waals surface area contributed by atoms with Crippen molar-refractivity contribution in [1.29, 1.82) is 0 Å². The normalized spacial score (nSPS) is 11.2. The van der Waals surface area contributed by atoms with Crippen molar-refractivity contribution in [1.82, 2.24) is 5.32 Å². The maximum atomic E-state index is 11.8. The number of carbonyl (C=O) groups is 2. The molecule has 0 aromatic heterocycles. The molecule has 1 amide bonds. The molecule has 0 saturated heterocycles. The van der Waals surface area contributed by atoms with E-state index in [9.17, 15) is 9.59 Å². The molecule has 0 unspecified atom stereocenters. The van der Waals surface area contributed by atoms with E-state index in [2.05, 4.69) is 5.32 Å². The zero-order valence-corrected chi connectivity index (χ0v) is 13.1. The van der Waals surface area contributed by atoms with Gasteiger partial charge in [0.25, 0.3) is 0 Å². The number of hydrogen-bond donors (Lipinski definition) is 2.